The zero-order valence-electron chi connectivity index (χ0n) is 7.50. The Morgan fingerprint density at radius 2 is 2.23 bits per heavy atom. The lowest BCUT2D eigenvalue weighted by molar-refractivity contribution is 0.854. The molecule has 0 spiro atoms. The van der Waals surface area contributed by atoms with Crippen molar-refractivity contribution in [2.24, 2.45) is 0 Å². The van der Waals surface area contributed by atoms with Gasteiger partial charge < -0.3 is 4.90 Å². The molecule has 0 aliphatic heterocycles. The molecule has 0 fully saturated rings. The van der Waals surface area contributed by atoms with E-state index in [-0.39, 0.29) is 0 Å². The zero-order chi connectivity index (χ0) is 9.68. The van der Waals surface area contributed by atoms with Gasteiger partial charge >= 0.3 is 0 Å². The first kappa shape index (κ1) is 11.0. The number of alkyl halides is 1. The molecule has 1 heterocycles. The van der Waals surface area contributed by atoms with E-state index in [9.17, 15) is 0 Å². The van der Waals surface area contributed by atoms with Crippen molar-refractivity contribution >= 4 is 37.7 Å². The standard InChI is InChI=1S/C9H12Br2N2/c1-2-13(6-5-10)9-4-3-8(11)7-12-9/h3-4,7H,2,5-6H2,1H3. The average molecular weight is 308 g/mol. The minimum Gasteiger partial charge on any atom is -0.356 e. The van der Waals surface area contributed by atoms with Crippen molar-refractivity contribution < 1.29 is 0 Å². The maximum Gasteiger partial charge on any atom is 0.128 e. The summed E-state index contributed by atoms with van der Waals surface area (Å²) < 4.78 is 1.02. The second-order valence-electron chi connectivity index (χ2n) is 2.60. The molecule has 1 rings (SSSR count). The van der Waals surface area contributed by atoms with Crippen LogP contribution in [0.25, 0.3) is 0 Å². The van der Waals surface area contributed by atoms with E-state index in [4.69, 9.17) is 0 Å². The molecule has 72 valence electrons. The Morgan fingerprint density at radius 1 is 1.46 bits per heavy atom. The van der Waals surface area contributed by atoms with Gasteiger partial charge in [-0.25, -0.2) is 4.98 Å². The van der Waals surface area contributed by atoms with Crippen LogP contribution >= 0.6 is 31.9 Å². The molecule has 0 aliphatic carbocycles. The highest BCUT2D eigenvalue weighted by molar-refractivity contribution is 9.10. The highest BCUT2D eigenvalue weighted by Crippen LogP contribution is 2.14. The maximum absolute atomic E-state index is 4.33. The van der Waals surface area contributed by atoms with Gasteiger partial charge in [-0.15, -0.1) is 0 Å². The molecule has 2 nitrogen and oxygen atoms in total. The quantitative estimate of drug-likeness (QED) is 0.795. The normalized spacial score (nSPS) is 10.1. The van der Waals surface area contributed by atoms with E-state index in [1.807, 2.05) is 18.3 Å². The van der Waals surface area contributed by atoms with Crippen LogP contribution in [0.5, 0.6) is 0 Å². The zero-order valence-corrected chi connectivity index (χ0v) is 10.7. The van der Waals surface area contributed by atoms with E-state index in [2.05, 4.69) is 48.7 Å². The van der Waals surface area contributed by atoms with Gasteiger partial charge in [-0.1, -0.05) is 15.9 Å². The number of anilines is 1. The summed E-state index contributed by atoms with van der Waals surface area (Å²) in [4.78, 5) is 6.55. The molecule has 0 amide bonds. The summed E-state index contributed by atoms with van der Waals surface area (Å²) in [6, 6.07) is 4.04. The summed E-state index contributed by atoms with van der Waals surface area (Å²) in [6.07, 6.45) is 1.83. The monoisotopic (exact) mass is 306 g/mol. The van der Waals surface area contributed by atoms with Gasteiger partial charge in [-0.05, 0) is 35.0 Å². The molecule has 0 bridgehead atoms. The first-order valence-electron chi connectivity index (χ1n) is 4.20. The van der Waals surface area contributed by atoms with Crippen LogP contribution < -0.4 is 4.90 Å². The molecule has 0 aromatic carbocycles. The van der Waals surface area contributed by atoms with Crippen LogP contribution in [0.4, 0.5) is 5.82 Å². The first-order chi connectivity index (χ1) is 6.27. The van der Waals surface area contributed by atoms with Crippen LogP contribution in [0, 0.1) is 0 Å². The Kier molecular flexibility index (Phi) is 4.73. The van der Waals surface area contributed by atoms with Gasteiger partial charge in [0.05, 0.1) is 0 Å². The second kappa shape index (κ2) is 5.60. The predicted octanol–water partition coefficient (Wildman–Crippen LogP) is 3.07. The van der Waals surface area contributed by atoms with Gasteiger partial charge in [-0.3, -0.25) is 0 Å². The predicted molar refractivity (Wildman–Crippen MR) is 63.6 cm³/mol. The third-order valence-corrected chi connectivity index (χ3v) is 2.60. The molecule has 4 heteroatoms. The number of hydrogen-bond donors (Lipinski definition) is 0. The van der Waals surface area contributed by atoms with Crippen molar-refractivity contribution in [3.63, 3.8) is 0 Å². The number of rotatable bonds is 4. The Hall–Kier alpha value is -0.0900. The number of nitrogens with zero attached hydrogens (tertiary/aromatic N) is 2. The first-order valence-corrected chi connectivity index (χ1v) is 6.12. The molecule has 0 N–H and O–H groups in total. The fourth-order valence-electron chi connectivity index (χ4n) is 1.09. The smallest absolute Gasteiger partial charge is 0.128 e. The molecule has 0 saturated carbocycles. The lowest BCUT2D eigenvalue weighted by atomic mass is 10.4. The number of aromatic nitrogens is 1. The van der Waals surface area contributed by atoms with E-state index in [0.29, 0.717) is 0 Å². The van der Waals surface area contributed by atoms with Crippen LogP contribution in [0.3, 0.4) is 0 Å². The van der Waals surface area contributed by atoms with Gasteiger partial charge in [0.2, 0.25) is 0 Å². The summed E-state index contributed by atoms with van der Waals surface area (Å²) >= 11 is 6.79. The topological polar surface area (TPSA) is 16.1 Å². The molecule has 0 aliphatic rings. The van der Waals surface area contributed by atoms with E-state index in [1.165, 1.54) is 0 Å². The van der Waals surface area contributed by atoms with Crippen molar-refractivity contribution in [1.82, 2.24) is 4.98 Å². The van der Waals surface area contributed by atoms with Gasteiger partial charge in [-0.2, -0.15) is 0 Å². The second-order valence-corrected chi connectivity index (χ2v) is 4.31. The fraction of sp³-hybridized carbons (Fsp3) is 0.444. The maximum atomic E-state index is 4.33. The van der Waals surface area contributed by atoms with Crippen LogP contribution in [0.2, 0.25) is 0 Å². The van der Waals surface area contributed by atoms with Gasteiger partial charge in [0.1, 0.15) is 5.82 Å². The van der Waals surface area contributed by atoms with Crippen molar-refractivity contribution in [2.75, 3.05) is 23.3 Å². The van der Waals surface area contributed by atoms with E-state index >= 15 is 0 Å². The largest absolute Gasteiger partial charge is 0.356 e. The van der Waals surface area contributed by atoms with E-state index < -0.39 is 0 Å². The lowest BCUT2D eigenvalue weighted by Crippen LogP contribution is -2.25. The fourth-order valence-corrected chi connectivity index (χ4v) is 1.75. The van der Waals surface area contributed by atoms with Crippen LogP contribution in [-0.2, 0) is 0 Å². The lowest BCUT2D eigenvalue weighted by Gasteiger charge is -2.20. The van der Waals surface area contributed by atoms with Gasteiger partial charge in [0.15, 0.2) is 0 Å². The molecule has 1 aromatic rings. The minimum absolute atomic E-state index is 0.971. The number of hydrogen-bond acceptors (Lipinski definition) is 2. The molecular formula is C9H12Br2N2. The Balaban J connectivity index is 2.73. The van der Waals surface area contributed by atoms with Crippen molar-refractivity contribution in [3.05, 3.63) is 22.8 Å². The number of halogens is 2. The van der Waals surface area contributed by atoms with Crippen molar-refractivity contribution in [3.8, 4) is 0 Å². The highest BCUT2D eigenvalue weighted by atomic mass is 79.9. The SMILES string of the molecule is CCN(CCBr)c1ccc(Br)cn1. The summed E-state index contributed by atoms with van der Waals surface area (Å²) in [5, 5.41) is 0.971. The third-order valence-electron chi connectivity index (χ3n) is 1.77. The molecule has 0 radical (unpaired) electrons. The highest BCUT2D eigenvalue weighted by Gasteiger charge is 2.03. The Labute approximate surface area is 95.6 Å². The Bertz CT molecular complexity index is 248. The molecule has 1 aromatic heterocycles. The van der Waals surface area contributed by atoms with Crippen LogP contribution in [0.1, 0.15) is 6.92 Å². The van der Waals surface area contributed by atoms with E-state index in [0.717, 1.165) is 28.7 Å². The minimum atomic E-state index is 0.971. The van der Waals surface area contributed by atoms with Gasteiger partial charge in [0.25, 0.3) is 0 Å². The summed E-state index contributed by atoms with van der Waals surface area (Å²) in [7, 11) is 0. The van der Waals surface area contributed by atoms with Crippen molar-refractivity contribution in [1.29, 1.82) is 0 Å². The average Bonchev–Trinajstić information content (AvgIpc) is 2.16. The van der Waals surface area contributed by atoms with Gasteiger partial charge in [0, 0.05) is 29.1 Å². The summed E-state index contributed by atoms with van der Waals surface area (Å²) in [5.74, 6) is 1.03. The van der Waals surface area contributed by atoms with Crippen molar-refractivity contribution in [2.45, 2.75) is 6.92 Å². The molecule has 0 atom stereocenters. The van der Waals surface area contributed by atoms with Crippen LogP contribution in [0.15, 0.2) is 22.8 Å². The van der Waals surface area contributed by atoms with E-state index in [1.54, 1.807) is 0 Å². The Morgan fingerprint density at radius 3 is 2.69 bits per heavy atom. The molecular weight excluding hydrogens is 296 g/mol. The molecule has 0 unspecified atom stereocenters. The van der Waals surface area contributed by atoms with Crippen LogP contribution in [-0.4, -0.2) is 23.4 Å². The summed E-state index contributed by atoms with van der Waals surface area (Å²) in [5.41, 5.74) is 0. The molecule has 0 saturated heterocycles. The summed E-state index contributed by atoms with van der Waals surface area (Å²) in [6.45, 7) is 4.11. The molecule has 13 heavy (non-hydrogen) atoms. The number of pyridine rings is 1. The third kappa shape index (κ3) is 3.27.